The smallest absolute Gasteiger partial charge is 0.308 e. The fourth-order valence-electron chi connectivity index (χ4n) is 3.01. The van der Waals surface area contributed by atoms with E-state index in [1.807, 2.05) is 44.1 Å². The van der Waals surface area contributed by atoms with Crippen LogP contribution < -0.4 is 10.3 Å². The first-order valence-electron chi connectivity index (χ1n) is 7.47. The fourth-order valence-corrected chi connectivity index (χ4v) is 3.01. The number of hydrogen-bond acceptors (Lipinski definition) is 3. The van der Waals surface area contributed by atoms with Crippen LogP contribution in [-0.4, -0.2) is 29.7 Å². The number of rotatable bonds is 4. The van der Waals surface area contributed by atoms with Gasteiger partial charge in [-0.1, -0.05) is 0 Å². The van der Waals surface area contributed by atoms with E-state index in [0.29, 0.717) is 17.0 Å². The number of nitrogens with zero attached hydrogens (tertiary/aromatic N) is 2. The molecule has 0 atom stereocenters. The maximum atomic E-state index is 12.8. The first-order chi connectivity index (χ1) is 10.4. The van der Waals surface area contributed by atoms with Gasteiger partial charge in [0.05, 0.1) is 11.9 Å². The van der Waals surface area contributed by atoms with Crippen LogP contribution in [0.1, 0.15) is 30.1 Å². The van der Waals surface area contributed by atoms with Crippen molar-refractivity contribution in [2.24, 2.45) is 0 Å². The molecular weight excluding hydrogens is 280 g/mol. The van der Waals surface area contributed by atoms with Gasteiger partial charge in [-0.2, -0.15) is 0 Å². The van der Waals surface area contributed by atoms with Crippen LogP contribution in [0.2, 0.25) is 0 Å². The van der Waals surface area contributed by atoms with Crippen LogP contribution in [0.3, 0.4) is 0 Å². The van der Waals surface area contributed by atoms with Gasteiger partial charge in [0.1, 0.15) is 0 Å². The molecule has 1 fully saturated rings. The minimum Gasteiger partial charge on any atom is -0.481 e. The number of carbonyl (C=O) groups is 1. The molecular formula is C17H20N2O3. The van der Waals surface area contributed by atoms with Crippen molar-refractivity contribution in [3.05, 3.63) is 39.7 Å². The van der Waals surface area contributed by atoms with E-state index in [-0.39, 0.29) is 11.8 Å². The molecule has 22 heavy (non-hydrogen) atoms. The number of carboxylic acids is 1. The van der Waals surface area contributed by atoms with Gasteiger partial charge in [-0.15, -0.1) is 0 Å². The standard InChI is InChI=1S/C17H20N2O3/c1-10-13(9-16(20)21)17(22)14-8-12(18(2)3)6-7-15(14)19(10)11-4-5-11/h6-8,11H,4-5,9H2,1-3H3,(H,20,21). The maximum absolute atomic E-state index is 12.8. The summed E-state index contributed by atoms with van der Waals surface area (Å²) in [7, 11) is 3.85. The van der Waals surface area contributed by atoms with Gasteiger partial charge in [0.15, 0.2) is 5.43 Å². The number of carboxylic acid groups (broad SMARTS) is 1. The molecule has 116 valence electrons. The number of aromatic nitrogens is 1. The molecule has 0 spiro atoms. The summed E-state index contributed by atoms with van der Waals surface area (Å²) in [6.45, 7) is 1.86. The third-order valence-electron chi connectivity index (χ3n) is 4.31. The zero-order valence-electron chi connectivity index (χ0n) is 13.1. The Labute approximate surface area is 128 Å². The van der Waals surface area contributed by atoms with Crippen LogP contribution in [0, 0.1) is 6.92 Å². The van der Waals surface area contributed by atoms with Gasteiger partial charge in [0.2, 0.25) is 0 Å². The fraction of sp³-hybridized carbons (Fsp3) is 0.412. The van der Waals surface area contributed by atoms with Crippen molar-refractivity contribution in [3.8, 4) is 0 Å². The second kappa shape index (κ2) is 5.16. The molecule has 0 radical (unpaired) electrons. The Morgan fingerprint density at radius 1 is 1.36 bits per heavy atom. The molecule has 1 aliphatic rings. The summed E-state index contributed by atoms with van der Waals surface area (Å²) in [5, 5.41) is 9.73. The molecule has 1 aliphatic carbocycles. The van der Waals surface area contributed by atoms with E-state index in [2.05, 4.69) is 4.57 Å². The van der Waals surface area contributed by atoms with Crippen LogP contribution in [0.4, 0.5) is 5.69 Å². The molecule has 3 rings (SSSR count). The Hall–Kier alpha value is -2.30. The van der Waals surface area contributed by atoms with Crippen LogP contribution >= 0.6 is 0 Å². The van der Waals surface area contributed by atoms with E-state index in [1.54, 1.807) is 0 Å². The number of aliphatic carboxylic acids is 1. The Morgan fingerprint density at radius 3 is 2.59 bits per heavy atom. The third-order valence-corrected chi connectivity index (χ3v) is 4.31. The first kappa shape index (κ1) is 14.6. The summed E-state index contributed by atoms with van der Waals surface area (Å²) in [4.78, 5) is 25.8. The predicted octanol–water partition coefficient (Wildman–Crippen LogP) is 2.34. The van der Waals surface area contributed by atoms with Crippen molar-refractivity contribution in [1.29, 1.82) is 0 Å². The minimum atomic E-state index is -0.967. The van der Waals surface area contributed by atoms with E-state index >= 15 is 0 Å². The van der Waals surface area contributed by atoms with Crippen molar-refractivity contribution in [1.82, 2.24) is 4.57 Å². The maximum Gasteiger partial charge on any atom is 0.308 e. The second-order valence-corrected chi connectivity index (χ2v) is 6.16. The summed E-state index contributed by atoms with van der Waals surface area (Å²) < 4.78 is 2.15. The summed E-state index contributed by atoms with van der Waals surface area (Å²) in [6.07, 6.45) is 1.95. The molecule has 1 aromatic carbocycles. The summed E-state index contributed by atoms with van der Waals surface area (Å²) >= 11 is 0. The van der Waals surface area contributed by atoms with Crippen LogP contribution in [0.5, 0.6) is 0 Å². The molecule has 2 aromatic rings. The first-order valence-corrected chi connectivity index (χ1v) is 7.47. The number of anilines is 1. The van der Waals surface area contributed by atoms with Gasteiger partial charge in [-0.05, 0) is 38.0 Å². The Balaban J connectivity index is 2.35. The lowest BCUT2D eigenvalue weighted by molar-refractivity contribution is -0.136. The molecule has 0 bridgehead atoms. The van der Waals surface area contributed by atoms with Crippen LogP contribution in [0.15, 0.2) is 23.0 Å². The number of fused-ring (bicyclic) bond motifs is 1. The minimum absolute atomic E-state index is 0.157. The van der Waals surface area contributed by atoms with Crippen molar-refractivity contribution < 1.29 is 9.90 Å². The van der Waals surface area contributed by atoms with Crippen LogP contribution in [-0.2, 0) is 11.2 Å². The molecule has 1 heterocycles. The SMILES string of the molecule is Cc1c(CC(=O)O)c(=O)c2cc(N(C)C)ccc2n1C1CC1. The average molecular weight is 300 g/mol. The predicted molar refractivity (Wildman–Crippen MR) is 86.9 cm³/mol. The highest BCUT2D eigenvalue weighted by atomic mass is 16.4. The lowest BCUT2D eigenvalue weighted by Gasteiger charge is -2.19. The van der Waals surface area contributed by atoms with E-state index in [4.69, 9.17) is 5.11 Å². The Morgan fingerprint density at radius 2 is 2.05 bits per heavy atom. The van der Waals surface area contributed by atoms with E-state index in [9.17, 15) is 9.59 Å². The van der Waals surface area contributed by atoms with Gasteiger partial charge in [0, 0.05) is 42.5 Å². The summed E-state index contributed by atoms with van der Waals surface area (Å²) in [5.74, 6) is -0.967. The molecule has 0 amide bonds. The van der Waals surface area contributed by atoms with Crippen molar-refractivity contribution in [2.75, 3.05) is 19.0 Å². The van der Waals surface area contributed by atoms with Gasteiger partial charge in [0.25, 0.3) is 0 Å². The van der Waals surface area contributed by atoms with Crippen molar-refractivity contribution in [2.45, 2.75) is 32.2 Å². The summed E-state index contributed by atoms with van der Waals surface area (Å²) in [5.41, 5.74) is 2.89. The Kier molecular flexibility index (Phi) is 3.43. The molecule has 1 saturated carbocycles. The largest absolute Gasteiger partial charge is 0.481 e. The van der Waals surface area contributed by atoms with Gasteiger partial charge in [-0.25, -0.2) is 0 Å². The van der Waals surface area contributed by atoms with E-state index in [1.165, 1.54) is 0 Å². The molecule has 0 aliphatic heterocycles. The topological polar surface area (TPSA) is 62.5 Å². The van der Waals surface area contributed by atoms with Gasteiger partial charge >= 0.3 is 5.97 Å². The third kappa shape index (κ3) is 2.36. The van der Waals surface area contributed by atoms with Crippen LogP contribution in [0.25, 0.3) is 10.9 Å². The normalized spacial score (nSPS) is 14.3. The zero-order chi connectivity index (χ0) is 16.0. The highest BCUT2D eigenvalue weighted by Gasteiger charge is 2.28. The van der Waals surface area contributed by atoms with Crippen molar-refractivity contribution in [3.63, 3.8) is 0 Å². The molecule has 5 heteroatoms. The summed E-state index contributed by atoms with van der Waals surface area (Å²) in [6, 6.07) is 6.22. The molecule has 1 N–H and O–H groups in total. The molecule has 0 saturated heterocycles. The molecule has 5 nitrogen and oxygen atoms in total. The number of hydrogen-bond donors (Lipinski definition) is 1. The lowest BCUT2D eigenvalue weighted by Crippen LogP contribution is -2.21. The second-order valence-electron chi connectivity index (χ2n) is 6.16. The monoisotopic (exact) mass is 300 g/mol. The molecule has 1 aromatic heterocycles. The number of benzene rings is 1. The molecule has 0 unspecified atom stereocenters. The lowest BCUT2D eigenvalue weighted by atomic mass is 10.0. The van der Waals surface area contributed by atoms with Gasteiger partial charge in [-0.3, -0.25) is 9.59 Å². The van der Waals surface area contributed by atoms with Crippen molar-refractivity contribution >= 4 is 22.6 Å². The highest BCUT2D eigenvalue weighted by Crippen LogP contribution is 2.38. The Bertz CT molecular complexity index is 817. The highest BCUT2D eigenvalue weighted by molar-refractivity contribution is 5.85. The number of pyridine rings is 1. The average Bonchev–Trinajstić information content (AvgIpc) is 3.27. The zero-order valence-corrected chi connectivity index (χ0v) is 13.1. The van der Waals surface area contributed by atoms with E-state index < -0.39 is 5.97 Å². The van der Waals surface area contributed by atoms with E-state index in [0.717, 1.165) is 29.7 Å². The quantitative estimate of drug-likeness (QED) is 0.941. The van der Waals surface area contributed by atoms with Gasteiger partial charge < -0.3 is 14.6 Å².